The first-order valence-corrected chi connectivity index (χ1v) is 4.12. The molecule has 0 aromatic heterocycles. The van der Waals surface area contributed by atoms with Gasteiger partial charge < -0.3 is 16.0 Å². The molecule has 0 atom stereocenters. The highest BCUT2D eigenvalue weighted by atomic mass is 16.1. The first-order valence-electron chi connectivity index (χ1n) is 4.12. The highest BCUT2D eigenvalue weighted by molar-refractivity contribution is 5.96. The third-order valence-electron chi connectivity index (χ3n) is 1.45. The fourth-order valence-corrected chi connectivity index (χ4v) is 0.739. The molecule has 5 nitrogen and oxygen atoms in total. The van der Waals surface area contributed by atoms with E-state index in [4.69, 9.17) is 5.73 Å². The molecule has 0 heterocycles. The Kier molecular flexibility index (Phi) is 5.85. The summed E-state index contributed by atoms with van der Waals surface area (Å²) in [6.07, 6.45) is 3.94. The Morgan fingerprint density at radius 1 is 1.71 bits per heavy atom. The number of nitrogens with two attached hydrogens (primary N) is 1. The van der Waals surface area contributed by atoms with Crippen LogP contribution >= 0.6 is 0 Å². The van der Waals surface area contributed by atoms with Crippen LogP contribution in [-0.2, 0) is 4.79 Å². The van der Waals surface area contributed by atoms with Crippen LogP contribution in [-0.4, -0.2) is 37.8 Å². The molecule has 0 aromatic carbocycles. The van der Waals surface area contributed by atoms with Crippen molar-refractivity contribution >= 4 is 12.2 Å². The molecule has 5 heteroatoms. The Hall–Kier alpha value is -1.78. The van der Waals surface area contributed by atoms with E-state index in [2.05, 4.69) is 16.9 Å². The number of aliphatic imine (C=N–C) groups is 1. The third kappa shape index (κ3) is 4.30. The lowest BCUT2D eigenvalue weighted by Crippen LogP contribution is -2.28. The smallest absolute Gasteiger partial charge is 0.213 e. The molecule has 78 valence electrons. The molecule has 0 bridgehead atoms. The monoisotopic (exact) mass is 196 g/mol. The van der Waals surface area contributed by atoms with Crippen LogP contribution in [0.1, 0.15) is 0 Å². The second-order valence-electron chi connectivity index (χ2n) is 2.59. The fourth-order valence-electron chi connectivity index (χ4n) is 0.739. The van der Waals surface area contributed by atoms with Crippen molar-refractivity contribution in [3.8, 4) is 0 Å². The summed E-state index contributed by atoms with van der Waals surface area (Å²) in [6.45, 7) is 4.13. The van der Waals surface area contributed by atoms with Crippen LogP contribution in [0.5, 0.6) is 0 Å². The van der Waals surface area contributed by atoms with E-state index < -0.39 is 0 Å². The molecular formula is C9H16N4O. The first-order chi connectivity index (χ1) is 6.65. The lowest BCUT2D eigenvalue weighted by Gasteiger charge is -2.11. The van der Waals surface area contributed by atoms with Gasteiger partial charge in [0.25, 0.3) is 0 Å². The number of nitrogens with one attached hydrogen (secondary N) is 1. The SMILES string of the molecule is C=CCN/C(=C/N(C)C=O)C(N)=NC. The van der Waals surface area contributed by atoms with E-state index in [0.717, 1.165) is 0 Å². The number of hydrogen-bond acceptors (Lipinski definition) is 3. The standard InChI is InChI=1S/C9H16N4O/c1-4-5-12-8(9(10)11-2)6-13(3)7-14/h4,6-7,12H,1,5H2,2-3H3,(H2,10,11)/b8-6+. The van der Waals surface area contributed by atoms with E-state index in [-0.39, 0.29) is 0 Å². The van der Waals surface area contributed by atoms with Gasteiger partial charge in [-0.1, -0.05) is 6.08 Å². The van der Waals surface area contributed by atoms with Gasteiger partial charge in [-0.25, -0.2) is 0 Å². The minimum absolute atomic E-state index is 0.348. The van der Waals surface area contributed by atoms with E-state index >= 15 is 0 Å². The molecule has 0 unspecified atom stereocenters. The molecule has 0 aliphatic heterocycles. The maximum atomic E-state index is 10.4. The van der Waals surface area contributed by atoms with Gasteiger partial charge in [0.15, 0.2) is 0 Å². The van der Waals surface area contributed by atoms with Gasteiger partial charge in [0, 0.05) is 26.8 Å². The Morgan fingerprint density at radius 2 is 2.36 bits per heavy atom. The first kappa shape index (κ1) is 12.2. The summed E-state index contributed by atoms with van der Waals surface area (Å²) in [5, 5.41) is 2.97. The average Bonchev–Trinajstić information content (AvgIpc) is 2.22. The topological polar surface area (TPSA) is 70.7 Å². The minimum Gasteiger partial charge on any atom is -0.382 e. The average molecular weight is 196 g/mol. The molecule has 0 saturated heterocycles. The number of rotatable bonds is 6. The van der Waals surface area contributed by atoms with E-state index in [1.807, 2.05) is 0 Å². The van der Waals surface area contributed by atoms with Crippen molar-refractivity contribution in [3.63, 3.8) is 0 Å². The molecule has 0 saturated carbocycles. The normalized spacial score (nSPS) is 12.1. The maximum Gasteiger partial charge on any atom is 0.213 e. The molecule has 0 aromatic rings. The van der Waals surface area contributed by atoms with E-state index in [0.29, 0.717) is 24.5 Å². The van der Waals surface area contributed by atoms with E-state index in [1.165, 1.54) is 4.90 Å². The molecule has 3 N–H and O–H groups in total. The number of amides is 1. The van der Waals surface area contributed by atoms with Gasteiger partial charge in [-0.3, -0.25) is 9.79 Å². The van der Waals surface area contributed by atoms with Gasteiger partial charge >= 0.3 is 0 Å². The molecule has 14 heavy (non-hydrogen) atoms. The molecule has 0 radical (unpaired) electrons. The highest BCUT2D eigenvalue weighted by Gasteiger charge is 2.01. The second-order valence-corrected chi connectivity index (χ2v) is 2.59. The van der Waals surface area contributed by atoms with E-state index in [9.17, 15) is 4.79 Å². The van der Waals surface area contributed by atoms with Crippen molar-refractivity contribution in [2.45, 2.75) is 0 Å². The predicted octanol–water partition coefficient (Wildman–Crippen LogP) is -0.321. The van der Waals surface area contributed by atoms with Gasteiger partial charge in [0.2, 0.25) is 6.41 Å². The Balaban J connectivity index is 4.61. The molecule has 0 aliphatic carbocycles. The van der Waals surface area contributed by atoms with Gasteiger partial charge in [-0.2, -0.15) is 0 Å². The van der Waals surface area contributed by atoms with E-state index in [1.54, 1.807) is 26.4 Å². The summed E-state index contributed by atoms with van der Waals surface area (Å²) in [5.41, 5.74) is 6.20. The molecule has 0 rings (SSSR count). The van der Waals surface area contributed by atoms with Crippen LogP contribution in [0.15, 0.2) is 29.5 Å². The number of carbonyl (C=O) groups is 1. The summed E-state index contributed by atoms with van der Waals surface area (Å²) in [6, 6.07) is 0. The zero-order valence-electron chi connectivity index (χ0n) is 8.53. The number of carbonyl (C=O) groups excluding carboxylic acids is 1. The third-order valence-corrected chi connectivity index (χ3v) is 1.45. The van der Waals surface area contributed by atoms with Gasteiger partial charge in [-0.15, -0.1) is 6.58 Å². The molecule has 0 aliphatic rings. The molecular weight excluding hydrogens is 180 g/mol. The number of nitrogens with zero attached hydrogens (tertiary/aromatic N) is 2. The summed E-state index contributed by atoms with van der Waals surface area (Å²) in [5.74, 6) is 0.348. The summed E-state index contributed by atoms with van der Waals surface area (Å²) >= 11 is 0. The fraction of sp³-hybridized carbons (Fsp3) is 0.333. The zero-order chi connectivity index (χ0) is 11.0. The van der Waals surface area contributed by atoms with Crippen LogP contribution in [0.4, 0.5) is 0 Å². The molecule has 0 spiro atoms. The van der Waals surface area contributed by atoms with Crippen molar-refractivity contribution in [2.75, 3.05) is 20.6 Å². The lowest BCUT2D eigenvalue weighted by molar-refractivity contribution is -0.115. The number of hydrogen-bond donors (Lipinski definition) is 2. The largest absolute Gasteiger partial charge is 0.382 e. The summed E-state index contributed by atoms with van der Waals surface area (Å²) in [4.78, 5) is 15.5. The van der Waals surface area contributed by atoms with Crippen molar-refractivity contribution < 1.29 is 4.79 Å². The second kappa shape index (κ2) is 6.71. The maximum absolute atomic E-state index is 10.4. The quantitative estimate of drug-likeness (QED) is 0.265. The summed E-state index contributed by atoms with van der Waals surface area (Å²) in [7, 11) is 3.20. The van der Waals surface area contributed by atoms with Crippen molar-refractivity contribution in [1.82, 2.24) is 10.2 Å². The van der Waals surface area contributed by atoms with Crippen LogP contribution in [0.2, 0.25) is 0 Å². The van der Waals surface area contributed by atoms with Gasteiger partial charge in [-0.05, 0) is 0 Å². The lowest BCUT2D eigenvalue weighted by atomic mass is 10.4. The molecule has 1 amide bonds. The van der Waals surface area contributed by atoms with Gasteiger partial charge in [0.1, 0.15) is 5.84 Å². The van der Waals surface area contributed by atoms with Gasteiger partial charge in [0.05, 0.1) is 5.70 Å². The van der Waals surface area contributed by atoms with Crippen LogP contribution in [0, 0.1) is 0 Å². The van der Waals surface area contributed by atoms with Crippen LogP contribution < -0.4 is 11.1 Å². The van der Waals surface area contributed by atoms with Crippen LogP contribution in [0.3, 0.4) is 0 Å². The Labute approximate surface area is 84.0 Å². The van der Waals surface area contributed by atoms with Crippen molar-refractivity contribution in [3.05, 3.63) is 24.6 Å². The minimum atomic E-state index is 0.348. The highest BCUT2D eigenvalue weighted by Crippen LogP contribution is 1.91. The summed E-state index contributed by atoms with van der Waals surface area (Å²) < 4.78 is 0. The van der Waals surface area contributed by atoms with Crippen LogP contribution in [0.25, 0.3) is 0 Å². The van der Waals surface area contributed by atoms with Crippen molar-refractivity contribution in [2.24, 2.45) is 10.7 Å². The predicted molar refractivity (Wildman–Crippen MR) is 57.7 cm³/mol. The number of amidine groups is 1. The van der Waals surface area contributed by atoms with Crippen molar-refractivity contribution in [1.29, 1.82) is 0 Å². The Morgan fingerprint density at radius 3 is 2.79 bits per heavy atom. The molecule has 0 fully saturated rings. The zero-order valence-corrected chi connectivity index (χ0v) is 8.53. The Bertz CT molecular complexity index is 258.